The molecule has 11 heteroatoms. The van der Waals surface area contributed by atoms with Gasteiger partial charge in [0.1, 0.15) is 5.82 Å². The number of hydrogen-bond acceptors (Lipinski definition) is 7. The molecule has 168 valence electrons. The van der Waals surface area contributed by atoms with Crippen molar-refractivity contribution in [1.82, 2.24) is 30.0 Å². The van der Waals surface area contributed by atoms with E-state index in [9.17, 15) is 14.4 Å². The average Bonchev–Trinajstić information content (AvgIpc) is 3.40. The molecular formula is C21H24N6O4S. The molecule has 32 heavy (non-hydrogen) atoms. The van der Waals surface area contributed by atoms with Crippen molar-refractivity contribution >= 4 is 17.7 Å². The van der Waals surface area contributed by atoms with Gasteiger partial charge in [0.15, 0.2) is 5.16 Å². The fourth-order valence-corrected chi connectivity index (χ4v) is 4.33. The molecule has 1 amide bonds. The van der Waals surface area contributed by atoms with E-state index in [0.29, 0.717) is 23.2 Å². The zero-order valence-corrected chi connectivity index (χ0v) is 18.4. The fraction of sp³-hybridized carbons (Fsp3) is 0.381. The quantitative estimate of drug-likeness (QED) is 0.429. The van der Waals surface area contributed by atoms with Crippen LogP contribution in [0.15, 0.2) is 45.1 Å². The maximum absolute atomic E-state index is 12.3. The van der Waals surface area contributed by atoms with Crippen molar-refractivity contribution in [1.29, 1.82) is 0 Å². The molecule has 1 fully saturated rings. The average molecular weight is 457 g/mol. The number of carbonyl (C=O) groups excluding carboxylic acids is 1. The molecule has 2 aromatic heterocycles. The van der Waals surface area contributed by atoms with Crippen LogP contribution in [0.5, 0.6) is 0 Å². The highest BCUT2D eigenvalue weighted by Crippen LogP contribution is 2.23. The minimum absolute atomic E-state index is 0.0858. The number of ether oxygens (including phenoxy) is 1. The van der Waals surface area contributed by atoms with Gasteiger partial charge in [0, 0.05) is 37.0 Å². The van der Waals surface area contributed by atoms with Gasteiger partial charge in [-0.1, -0.05) is 23.9 Å². The van der Waals surface area contributed by atoms with Crippen molar-refractivity contribution in [2.75, 3.05) is 18.9 Å². The van der Waals surface area contributed by atoms with E-state index in [0.717, 1.165) is 30.7 Å². The molecule has 0 radical (unpaired) electrons. The monoisotopic (exact) mass is 456 g/mol. The molecule has 1 atom stereocenters. The molecule has 0 unspecified atom stereocenters. The zero-order chi connectivity index (χ0) is 22.5. The highest BCUT2D eigenvalue weighted by Gasteiger charge is 2.19. The van der Waals surface area contributed by atoms with E-state index < -0.39 is 11.2 Å². The molecule has 1 aliphatic rings. The van der Waals surface area contributed by atoms with Crippen LogP contribution >= 0.6 is 11.8 Å². The van der Waals surface area contributed by atoms with Crippen LogP contribution in [-0.4, -0.2) is 55.6 Å². The number of aryl methyl sites for hydroxylation is 1. The Labute approximate surface area is 187 Å². The summed E-state index contributed by atoms with van der Waals surface area (Å²) in [6.07, 6.45) is 2.27. The Morgan fingerprint density at radius 2 is 2.16 bits per heavy atom. The highest BCUT2D eigenvalue weighted by atomic mass is 32.2. The van der Waals surface area contributed by atoms with Crippen LogP contribution in [-0.2, 0) is 16.0 Å². The van der Waals surface area contributed by atoms with Crippen molar-refractivity contribution in [2.24, 2.45) is 0 Å². The van der Waals surface area contributed by atoms with E-state index in [-0.39, 0.29) is 24.2 Å². The lowest BCUT2D eigenvalue weighted by atomic mass is 10.2. The van der Waals surface area contributed by atoms with Gasteiger partial charge in [0.05, 0.1) is 11.9 Å². The second-order valence-corrected chi connectivity index (χ2v) is 8.53. The van der Waals surface area contributed by atoms with Crippen molar-refractivity contribution in [3.63, 3.8) is 0 Å². The third-order valence-corrected chi connectivity index (χ3v) is 5.94. The number of nitrogens with one attached hydrogen (secondary N) is 3. The summed E-state index contributed by atoms with van der Waals surface area (Å²) >= 11 is 1.27. The number of carbonyl (C=O) groups is 1. The van der Waals surface area contributed by atoms with Gasteiger partial charge in [-0.25, -0.2) is 4.79 Å². The maximum Gasteiger partial charge on any atom is 0.325 e. The summed E-state index contributed by atoms with van der Waals surface area (Å²) in [6.45, 7) is 3.23. The Balaban J connectivity index is 1.54. The minimum Gasteiger partial charge on any atom is -0.376 e. The maximum atomic E-state index is 12.3. The molecule has 3 aromatic rings. The number of H-pyrrole nitrogens is 2. The molecule has 0 saturated carbocycles. The number of hydrogen-bond donors (Lipinski definition) is 3. The molecule has 1 aliphatic heterocycles. The molecule has 3 heterocycles. The minimum atomic E-state index is -0.577. The number of nitrogens with zero attached hydrogens (tertiary/aromatic N) is 3. The Morgan fingerprint density at radius 3 is 2.91 bits per heavy atom. The Kier molecular flexibility index (Phi) is 6.86. The number of aromatic amines is 2. The van der Waals surface area contributed by atoms with Gasteiger partial charge < -0.3 is 15.0 Å². The van der Waals surface area contributed by atoms with Gasteiger partial charge in [-0.15, -0.1) is 10.2 Å². The molecule has 4 rings (SSSR count). The first-order chi connectivity index (χ1) is 15.5. The predicted molar refractivity (Wildman–Crippen MR) is 119 cm³/mol. The first-order valence-electron chi connectivity index (χ1n) is 10.3. The van der Waals surface area contributed by atoms with Gasteiger partial charge in [0.2, 0.25) is 5.91 Å². The van der Waals surface area contributed by atoms with Gasteiger partial charge in [-0.3, -0.25) is 19.1 Å². The van der Waals surface area contributed by atoms with Gasteiger partial charge in [0.25, 0.3) is 5.56 Å². The van der Waals surface area contributed by atoms with E-state index in [1.165, 1.54) is 17.8 Å². The van der Waals surface area contributed by atoms with Crippen molar-refractivity contribution in [2.45, 2.75) is 37.4 Å². The Hall–Kier alpha value is -3.18. The molecule has 3 N–H and O–H groups in total. The summed E-state index contributed by atoms with van der Waals surface area (Å²) in [5, 5.41) is 12.0. The molecule has 0 bridgehead atoms. The van der Waals surface area contributed by atoms with E-state index in [1.54, 1.807) is 0 Å². The number of benzene rings is 1. The van der Waals surface area contributed by atoms with E-state index in [4.69, 9.17) is 4.74 Å². The SMILES string of the molecule is Cc1cccc(-n2c(Cc3cc(=O)[nH]c(=O)[nH]3)nnc2SCC(=O)NC[C@@H]2CCCO2)c1. The topological polar surface area (TPSA) is 135 Å². The van der Waals surface area contributed by atoms with Crippen LogP contribution in [0.1, 0.15) is 29.9 Å². The van der Waals surface area contributed by atoms with Crippen LogP contribution in [0, 0.1) is 6.92 Å². The second kappa shape index (κ2) is 9.96. The first-order valence-corrected chi connectivity index (χ1v) is 11.3. The fourth-order valence-electron chi connectivity index (χ4n) is 3.53. The molecule has 0 spiro atoms. The zero-order valence-electron chi connectivity index (χ0n) is 17.6. The van der Waals surface area contributed by atoms with Crippen LogP contribution in [0.2, 0.25) is 0 Å². The molecule has 10 nitrogen and oxygen atoms in total. The summed E-state index contributed by atoms with van der Waals surface area (Å²) in [7, 11) is 0. The van der Waals surface area contributed by atoms with Crippen molar-refractivity contribution in [3.8, 4) is 5.69 Å². The lowest BCUT2D eigenvalue weighted by molar-refractivity contribution is -0.119. The molecule has 1 saturated heterocycles. The first kappa shape index (κ1) is 22.0. The van der Waals surface area contributed by atoms with E-state index in [2.05, 4.69) is 25.5 Å². The second-order valence-electron chi connectivity index (χ2n) is 7.59. The summed E-state index contributed by atoms with van der Waals surface area (Å²) in [6, 6.07) is 9.12. The third-order valence-electron chi connectivity index (χ3n) is 5.01. The van der Waals surface area contributed by atoms with Gasteiger partial charge in [-0.05, 0) is 37.5 Å². The number of rotatable bonds is 8. The molecular weight excluding hydrogens is 432 g/mol. The molecule has 0 aliphatic carbocycles. The standard InChI is InChI=1S/C21H24N6O4S/c1-13-4-2-5-15(8-13)27-17(9-14-10-18(28)24-20(30)23-14)25-26-21(27)32-12-19(29)22-11-16-6-3-7-31-16/h2,4-5,8,10,16H,3,6-7,9,11-12H2,1H3,(H,22,29)(H2,23,24,28,30)/t16-/m0/s1. The van der Waals surface area contributed by atoms with Crippen LogP contribution in [0.4, 0.5) is 0 Å². The summed E-state index contributed by atoms with van der Waals surface area (Å²) in [5.41, 5.74) is 1.25. The number of thioether (sulfide) groups is 1. The summed E-state index contributed by atoms with van der Waals surface area (Å²) in [5.74, 6) is 0.613. The van der Waals surface area contributed by atoms with Crippen molar-refractivity contribution < 1.29 is 9.53 Å². The van der Waals surface area contributed by atoms with E-state index in [1.807, 2.05) is 35.8 Å². The smallest absolute Gasteiger partial charge is 0.325 e. The number of aromatic nitrogens is 5. The summed E-state index contributed by atoms with van der Waals surface area (Å²) < 4.78 is 7.37. The van der Waals surface area contributed by atoms with Crippen LogP contribution in [0.3, 0.4) is 0 Å². The third kappa shape index (κ3) is 5.54. The Bertz CT molecular complexity index is 1180. The van der Waals surface area contributed by atoms with Gasteiger partial charge in [-0.2, -0.15) is 0 Å². The normalized spacial score (nSPS) is 15.7. The lowest BCUT2D eigenvalue weighted by Gasteiger charge is -2.12. The lowest BCUT2D eigenvalue weighted by Crippen LogP contribution is -2.32. The largest absolute Gasteiger partial charge is 0.376 e. The van der Waals surface area contributed by atoms with Crippen molar-refractivity contribution in [3.05, 3.63) is 68.3 Å². The number of amides is 1. The Morgan fingerprint density at radius 1 is 1.28 bits per heavy atom. The van der Waals surface area contributed by atoms with Crippen LogP contribution in [0.25, 0.3) is 5.69 Å². The summed E-state index contributed by atoms with van der Waals surface area (Å²) in [4.78, 5) is 40.4. The molecule has 1 aromatic carbocycles. The predicted octanol–water partition coefficient (Wildman–Crippen LogP) is 0.930. The highest BCUT2D eigenvalue weighted by molar-refractivity contribution is 7.99. The van der Waals surface area contributed by atoms with E-state index >= 15 is 0 Å². The van der Waals surface area contributed by atoms with Crippen LogP contribution < -0.4 is 16.6 Å². The van der Waals surface area contributed by atoms with Gasteiger partial charge >= 0.3 is 5.69 Å².